The predicted molar refractivity (Wildman–Crippen MR) is 92.5 cm³/mol. The molecule has 2 aromatic rings. The number of aliphatic carboxylic acids is 2. The second-order valence-electron chi connectivity index (χ2n) is 7.16. The van der Waals surface area contributed by atoms with Gasteiger partial charge in [-0.15, -0.1) is 0 Å². The molecular weight excluding hydrogens is 336 g/mol. The largest absolute Gasteiger partial charge is 0.481 e. The first kappa shape index (κ1) is 16.5. The van der Waals surface area contributed by atoms with Crippen molar-refractivity contribution >= 4 is 28.6 Å². The quantitative estimate of drug-likeness (QED) is 0.650. The molecule has 2 aliphatic rings. The van der Waals surface area contributed by atoms with E-state index in [1.807, 2.05) is 30.3 Å². The highest BCUT2D eigenvalue weighted by Crippen LogP contribution is 2.61. The SMILES string of the molecule is N[C@@]1(C(=O)O)C[C@H](NC(=O)c2ccc3ccccc3c2)[C@@H]2C1[C@H]2C(=O)O. The zero-order valence-electron chi connectivity index (χ0n) is 13.8. The van der Waals surface area contributed by atoms with E-state index in [-0.39, 0.29) is 12.3 Å². The number of nitrogens with two attached hydrogens (primary N) is 1. The van der Waals surface area contributed by atoms with Crippen LogP contribution in [-0.4, -0.2) is 39.6 Å². The Labute approximate surface area is 148 Å². The Morgan fingerprint density at radius 2 is 1.77 bits per heavy atom. The Morgan fingerprint density at radius 3 is 2.42 bits per heavy atom. The van der Waals surface area contributed by atoms with Crippen LogP contribution < -0.4 is 11.1 Å². The number of rotatable bonds is 4. The van der Waals surface area contributed by atoms with Crippen LogP contribution in [0.4, 0.5) is 0 Å². The summed E-state index contributed by atoms with van der Waals surface area (Å²) in [6.45, 7) is 0. The van der Waals surface area contributed by atoms with Gasteiger partial charge in [0.2, 0.25) is 0 Å². The fourth-order valence-corrected chi connectivity index (χ4v) is 4.41. The van der Waals surface area contributed by atoms with Crippen molar-refractivity contribution in [3.63, 3.8) is 0 Å². The van der Waals surface area contributed by atoms with Crippen molar-refractivity contribution in [3.8, 4) is 0 Å². The lowest BCUT2D eigenvalue weighted by molar-refractivity contribution is -0.145. The second kappa shape index (κ2) is 5.54. The lowest BCUT2D eigenvalue weighted by Crippen LogP contribution is -2.52. The molecule has 0 radical (unpaired) electrons. The maximum atomic E-state index is 12.6. The zero-order valence-corrected chi connectivity index (χ0v) is 13.8. The molecule has 2 aliphatic carbocycles. The first-order valence-corrected chi connectivity index (χ1v) is 8.37. The van der Waals surface area contributed by atoms with Crippen LogP contribution in [0, 0.1) is 17.8 Å². The van der Waals surface area contributed by atoms with E-state index in [1.54, 1.807) is 12.1 Å². The summed E-state index contributed by atoms with van der Waals surface area (Å²) < 4.78 is 0. The van der Waals surface area contributed by atoms with E-state index in [2.05, 4.69) is 5.32 Å². The number of nitrogens with one attached hydrogen (secondary N) is 1. The van der Waals surface area contributed by atoms with E-state index in [1.165, 1.54) is 0 Å². The minimum Gasteiger partial charge on any atom is -0.481 e. The Hall–Kier alpha value is -2.93. The molecule has 0 spiro atoms. The van der Waals surface area contributed by atoms with Gasteiger partial charge in [0.15, 0.2) is 0 Å². The Morgan fingerprint density at radius 1 is 1.08 bits per heavy atom. The molecule has 7 heteroatoms. The molecule has 5 N–H and O–H groups in total. The Bertz CT molecular complexity index is 942. The number of carbonyl (C=O) groups is 3. The maximum absolute atomic E-state index is 12.6. The van der Waals surface area contributed by atoms with Gasteiger partial charge in [-0.1, -0.05) is 30.3 Å². The summed E-state index contributed by atoms with van der Waals surface area (Å²) in [7, 11) is 0. The van der Waals surface area contributed by atoms with Crippen molar-refractivity contribution in [1.82, 2.24) is 5.32 Å². The van der Waals surface area contributed by atoms with Gasteiger partial charge >= 0.3 is 11.9 Å². The van der Waals surface area contributed by atoms with E-state index in [0.717, 1.165) is 10.8 Å². The fraction of sp³-hybridized carbons (Fsp3) is 0.316. The van der Waals surface area contributed by atoms with Gasteiger partial charge in [0.25, 0.3) is 5.91 Å². The highest BCUT2D eigenvalue weighted by molar-refractivity contribution is 5.99. The van der Waals surface area contributed by atoms with Crippen LogP contribution >= 0.6 is 0 Å². The van der Waals surface area contributed by atoms with Gasteiger partial charge in [-0.2, -0.15) is 0 Å². The van der Waals surface area contributed by atoms with Gasteiger partial charge in [-0.05, 0) is 35.2 Å². The lowest BCUT2D eigenvalue weighted by atomic mass is 9.90. The first-order valence-electron chi connectivity index (χ1n) is 8.37. The van der Waals surface area contributed by atoms with Crippen molar-refractivity contribution in [2.45, 2.75) is 18.0 Å². The normalized spacial score (nSPS) is 32.0. The molecule has 7 nitrogen and oxygen atoms in total. The van der Waals surface area contributed by atoms with Crippen LogP contribution in [-0.2, 0) is 9.59 Å². The maximum Gasteiger partial charge on any atom is 0.324 e. The highest BCUT2D eigenvalue weighted by atomic mass is 16.4. The summed E-state index contributed by atoms with van der Waals surface area (Å²) in [5.74, 6) is -4.58. The number of carboxylic acid groups (broad SMARTS) is 2. The van der Waals surface area contributed by atoms with Crippen LogP contribution in [0.2, 0.25) is 0 Å². The van der Waals surface area contributed by atoms with E-state index < -0.39 is 41.3 Å². The van der Waals surface area contributed by atoms with Gasteiger partial charge in [0, 0.05) is 17.5 Å². The molecule has 0 aromatic heterocycles. The smallest absolute Gasteiger partial charge is 0.324 e. The van der Waals surface area contributed by atoms with Crippen molar-refractivity contribution < 1.29 is 24.6 Å². The summed E-state index contributed by atoms with van der Waals surface area (Å²) in [6, 6.07) is 12.3. The topological polar surface area (TPSA) is 130 Å². The Balaban J connectivity index is 1.57. The number of benzene rings is 2. The summed E-state index contributed by atoms with van der Waals surface area (Å²) in [5, 5.41) is 23.4. The van der Waals surface area contributed by atoms with E-state index in [0.29, 0.717) is 5.56 Å². The number of carbonyl (C=O) groups excluding carboxylic acids is 1. The third-order valence-electron chi connectivity index (χ3n) is 5.70. The molecule has 0 bridgehead atoms. The molecule has 4 rings (SSSR count). The minimum atomic E-state index is -1.62. The van der Waals surface area contributed by atoms with E-state index >= 15 is 0 Å². The fourth-order valence-electron chi connectivity index (χ4n) is 4.41. The highest BCUT2D eigenvalue weighted by Gasteiger charge is 2.74. The third-order valence-corrected chi connectivity index (χ3v) is 5.70. The van der Waals surface area contributed by atoms with Gasteiger partial charge in [0.05, 0.1) is 5.92 Å². The van der Waals surface area contributed by atoms with Crippen molar-refractivity contribution in [2.75, 3.05) is 0 Å². The number of amides is 1. The molecule has 1 unspecified atom stereocenters. The molecule has 2 aromatic carbocycles. The minimum absolute atomic E-state index is 0.0285. The molecule has 26 heavy (non-hydrogen) atoms. The number of fused-ring (bicyclic) bond motifs is 2. The van der Waals surface area contributed by atoms with Gasteiger partial charge in [0.1, 0.15) is 5.54 Å². The molecule has 0 heterocycles. The standard InChI is InChI=1S/C19H18N2O5/c20-19(18(25)26)8-12(13-14(15(13)19)17(23)24)21-16(22)11-6-5-9-3-1-2-4-10(9)7-11/h1-7,12-15H,8,20H2,(H,21,22)(H,23,24)(H,25,26)/t12-,13-,14-,15?,19-/m0/s1. The summed E-state index contributed by atoms with van der Waals surface area (Å²) in [6.07, 6.45) is 0.0285. The Kier molecular flexibility index (Phi) is 3.52. The third kappa shape index (κ3) is 2.35. The van der Waals surface area contributed by atoms with Gasteiger partial charge in [-0.25, -0.2) is 0 Å². The lowest BCUT2D eigenvalue weighted by Gasteiger charge is -2.25. The van der Waals surface area contributed by atoms with Crippen LogP contribution in [0.1, 0.15) is 16.8 Å². The van der Waals surface area contributed by atoms with Crippen molar-refractivity contribution in [3.05, 3.63) is 48.0 Å². The van der Waals surface area contributed by atoms with Gasteiger partial charge < -0.3 is 21.3 Å². The molecular formula is C19H18N2O5. The molecule has 5 atom stereocenters. The van der Waals surface area contributed by atoms with Crippen LogP contribution in [0.25, 0.3) is 10.8 Å². The molecule has 0 aliphatic heterocycles. The van der Waals surface area contributed by atoms with Crippen LogP contribution in [0.15, 0.2) is 42.5 Å². The predicted octanol–water partition coefficient (Wildman–Crippen LogP) is 1.07. The van der Waals surface area contributed by atoms with Crippen molar-refractivity contribution in [1.29, 1.82) is 0 Å². The summed E-state index contributed by atoms with van der Waals surface area (Å²) >= 11 is 0. The summed E-state index contributed by atoms with van der Waals surface area (Å²) in [4.78, 5) is 35.5. The van der Waals surface area contributed by atoms with Crippen molar-refractivity contribution in [2.24, 2.45) is 23.5 Å². The zero-order chi connectivity index (χ0) is 18.6. The molecule has 2 fully saturated rings. The van der Waals surface area contributed by atoms with E-state index in [4.69, 9.17) is 5.73 Å². The molecule has 1 amide bonds. The average Bonchev–Trinajstić information content (AvgIpc) is 3.30. The van der Waals surface area contributed by atoms with Crippen LogP contribution in [0.5, 0.6) is 0 Å². The van der Waals surface area contributed by atoms with Gasteiger partial charge in [-0.3, -0.25) is 14.4 Å². The second-order valence-corrected chi connectivity index (χ2v) is 7.16. The summed E-state index contributed by atoms with van der Waals surface area (Å²) in [5.41, 5.74) is 4.81. The number of hydrogen-bond donors (Lipinski definition) is 4. The molecule has 2 saturated carbocycles. The molecule has 0 saturated heterocycles. The van der Waals surface area contributed by atoms with Crippen LogP contribution in [0.3, 0.4) is 0 Å². The average molecular weight is 354 g/mol. The number of hydrogen-bond acceptors (Lipinski definition) is 4. The first-order chi connectivity index (χ1) is 12.3. The monoisotopic (exact) mass is 354 g/mol. The molecule has 134 valence electrons. The number of carboxylic acids is 2. The van der Waals surface area contributed by atoms with E-state index in [9.17, 15) is 24.6 Å².